The topological polar surface area (TPSA) is 92.4 Å². The van der Waals surface area contributed by atoms with Crippen LogP contribution in [0.1, 0.15) is 21.0 Å². The minimum absolute atomic E-state index is 0.0828. The SMILES string of the molecule is O=C(Nc1ccc2ccccc2c1)c1cc(C(=O)O)on1. The maximum atomic E-state index is 12.0. The average molecular weight is 282 g/mol. The first kappa shape index (κ1) is 12.9. The molecule has 1 aromatic heterocycles. The summed E-state index contributed by atoms with van der Waals surface area (Å²) in [6.45, 7) is 0. The van der Waals surface area contributed by atoms with Gasteiger partial charge in [-0.2, -0.15) is 0 Å². The van der Waals surface area contributed by atoms with Gasteiger partial charge in [0, 0.05) is 11.8 Å². The van der Waals surface area contributed by atoms with E-state index in [1.165, 1.54) is 0 Å². The Labute approximate surface area is 119 Å². The first-order valence-electron chi connectivity index (χ1n) is 6.13. The zero-order valence-electron chi connectivity index (χ0n) is 10.7. The number of benzene rings is 2. The largest absolute Gasteiger partial charge is 0.475 e. The first-order chi connectivity index (χ1) is 10.1. The van der Waals surface area contributed by atoms with E-state index in [1.54, 1.807) is 6.07 Å². The number of aromatic carboxylic acids is 1. The molecule has 0 atom stereocenters. The minimum Gasteiger partial charge on any atom is -0.475 e. The Morgan fingerprint density at radius 2 is 1.81 bits per heavy atom. The van der Waals surface area contributed by atoms with Gasteiger partial charge in [-0.3, -0.25) is 4.79 Å². The van der Waals surface area contributed by atoms with Crippen molar-refractivity contribution in [3.05, 3.63) is 60.0 Å². The standard InChI is InChI=1S/C15H10N2O4/c18-14(12-8-13(15(19)20)21-17-12)16-11-6-5-9-3-1-2-4-10(9)7-11/h1-8H,(H,16,18)(H,19,20). The molecule has 104 valence electrons. The zero-order valence-corrected chi connectivity index (χ0v) is 10.7. The van der Waals surface area contributed by atoms with E-state index in [9.17, 15) is 9.59 Å². The van der Waals surface area contributed by atoms with Gasteiger partial charge in [0.05, 0.1) is 0 Å². The Bertz CT molecular complexity index is 838. The maximum absolute atomic E-state index is 12.0. The van der Waals surface area contributed by atoms with Gasteiger partial charge in [0.25, 0.3) is 5.91 Å². The highest BCUT2D eigenvalue weighted by Gasteiger charge is 2.16. The number of rotatable bonds is 3. The number of carboxylic acids is 1. The van der Waals surface area contributed by atoms with Gasteiger partial charge in [-0.1, -0.05) is 35.5 Å². The van der Waals surface area contributed by atoms with Gasteiger partial charge in [0.1, 0.15) is 0 Å². The number of nitrogens with zero attached hydrogens (tertiary/aromatic N) is 1. The van der Waals surface area contributed by atoms with Gasteiger partial charge in [-0.15, -0.1) is 0 Å². The molecule has 0 saturated carbocycles. The third kappa shape index (κ3) is 2.59. The van der Waals surface area contributed by atoms with E-state index in [0.29, 0.717) is 5.69 Å². The molecule has 2 aromatic carbocycles. The molecule has 0 radical (unpaired) electrons. The lowest BCUT2D eigenvalue weighted by atomic mass is 10.1. The summed E-state index contributed by atoms with van der Waals surface area (Å²) in [6.07, 6.45) is 0. The van der Waals surface area contributed by atoms with Crippen molar-refractivity contribution in [2.75, 3.05) is 5.32 Å². The smallest absolute Gasteiger partial charge is 0.374 e. The predicted molar refractivity (Wildman–Crippen MR) is 75.4 cm³/mol. The monoisotopic (exact) mass is 282 g/mol. The molecule has 3 aromatic rings. The van der Waals surface area contributed by atoms with E-state index in [2.05, 4.69) is 15.0 Å². The highest BCUT2D eigenvalue weighted by Crippen LogP contribution is 2.19. The summed E-state index contributed by atoms with van der Waals surface area (Å²) in [5, 5.41) is 16.8. The maximum Gasteiger partial charge on any atom is 0.374 e. The number of carbonyl (C=O) groups is 2. The van der Waals surface area contributed by atoms with E-state index in [1.807, 2.05) is 36.4 Å². The molecule has 0 fully saturated rings. The van der Waals surface area contributed by atoms with Crippen molar-refractivity contribution >= 4 is 28.3 Å². The van der Waals surface area contributed by atoms with Gasteiger partial charge in [0.2, 0.25) is 5.76 Å². The Morgan fingerprint density at radius 3 is 2.52 bits per heavy atom. The third-order valence-corrected chi connectivity index (χ3v) is 2.96. The van der Waals surface area contributed by atoms with Crippen LogP contribution >= 0.6 is 0 Å². The summed E-state index contributed by atoms with van der Waals surface area (Å²) in [7, 11) is 0. The molecule has 1 heterocycles. The molecule has 6 heteroatoms. The fourth-order valence-corrected chi connectivity index (χ4v) is 1.95. The summed E-state index contributed by atoms with van der Waals surface area (Å²) < 4.78 is 4.54. The van der Waals surface area contributed by atoms with Gasteiger partial charge in [-0.25, -0.2) is 4.79 Å². The van der Waals surface area contributed by atoms with Crippen molar-refractivity contribution in [3.63, 3.8) is 0 Å². The van der Waals surface area contributed by atoms with E-state index in [-0.39, 0.29) is 11.5 Å². The van der Waals surface area contributed by atoms with Crippen molar-refractivity contribution in [2.24, 2.45) is 0 Å². The lowest BCUT2D eigenvalue weighted by molar-refractivity contribution is 0.0651. The number of hydrogen-bond acceptors (Lipinski definition) is 4. The van der Waals surface area contributed by atoms with Gasteiger partial charge >= 0.3 is 5.97 Å². The first-order valence-corrected chi connectivity index (χ1v) is 6.13. The highest BCUT2D eigenvalue weighted by molar-refractivity contribution is 6.04. The van der Waals surface area contributed by atoms with Gasteiger partial charge < -0.3 is 14.9 Å². The molecule has 0 unspecified atom stereocenters. The fraction of sp³-hybridized carbons (Fsp3) is 0. The normalized spacial score (nSPS) is 10.5. The second-order valence-electron chi connectivity index (χ2n) is 4.40. The van der Waals surface area contributed by atoms with Gasteiger partial charge in [0.15, 0.2) is 5.69 Å². The van der Waals surface area contributed by atoms with E-state index in [4.69, 9.17) is 5.11 Å². The third-order valence-electron chi connectivity index (χ3n) is 2.96. The second kappa shape index (κ2) is 5.09. The number of hydrogen-bond donors (Lipinski definition) is 2. The minimum atomic E-state index is -1.27. The lowest BCUT2D eigenvalue weighted by Gasteiger charge is -2.04. The Balaban J connectivity index is 1.83. The Kier molecular flexibility index (Phi) is 3.12. The van der Waals surface area contributed by atoms with Crippen LogP contribution in [0.2, 0.25) is 0 Å². The van der Waals surface area contributed by atoms with Crippen LogP contribution in [-0.2, 0) is 0 Å². The van der Waals surface area contributed by atoms with Crippen LogP contribution in [-0.4, -0.2) is 22.1 Å². The molecule has 0 aliphatic heterocycles. The lowest BCUT2D eigenvalue weighted by Crippen LogP contribution is -2.12. The molecule has 1 amide bonds. The fourth-order valence-electron chi connectivity index (χ4n) is 1.95. The van der Waals surface area contributed by atoms with Gasteiger partial charge in [-0.05, 0) is 22.9 Å². The Hall–Kier alpha value is -3.15. The molecular weight excluding hydrogens is 272 g/mol. The molecule has 0 aliphatic rings. The van der Waals surface area contributed by atoms with Crippen molar-refractivity contribution in [3.8, 4) is 0 Å². The molecule has 2 N–H and O–H groups in total. The van der Waals surface area contributed by atoms with E-state index >= 15 is 0 Å². The van der Waals surface area contributed by atoms with Crippen LogP contribution in [0.3, 0.4) is 0 Å². The van der Waals surface area contributed by atoms with Crippen LogP contribution in [0.15, 0.2) is 53.1 Å². The summed E-state index contributed by atoms with van der Waals surface area (Å²) in [5.74, 6) is -2.17. The van der Waals surface area contributed by atoms with Crippen LogP contribution in [0.25, 0.3) is 10.8 Å². The van der Waals surface area contributed by atoms with Crippen LogP contribution in [0, 0.1) is 0 Å². The number of aromatic nitrogens is 1. The van der Waals surface area contributed by atoms with Crippen molar-refractivity contribution in [2.45, 2.75) is 0 Å². The number of anilines is 1. The predicted octanol–water partition coefficient (Wildman–Crippen LogP) is 2.78. The van der Waals surface area contributed by atoms with Crippen molar-refractivity contribution in [1.82, 2.24) is 5.16 Å². The molecule has 21 heavy (non-hydrogen) atoms. The molecule has 0 bridgehead atoms. The number of amides is 1. The zero-order chi connectivity index (χ0) is 14.8. The van der Waals surface area contributed by atoms with E-state index < -0.39 is 11.9 Å². The molecule has 0 aliphatic carbocycles. The number of carbonyl (C=O) groups excluding carboxylic acids is 1. The highest BCUT2D eigenvalue weighted by atomic mass is 16.5. The Morgan fingerprint density at radius 1 is 1.05 bits per heavy atom. The summed E-state index contributed by atoms with van der Waals surface area (Å²) in [6, 6.07) is 14.3. The molecule has 0 saturated heterocycles. The second-order valence-corrected chi connectivity index (χ2v) is 4.40. The van der Waals surface area contributed by atoms with Crippen LogP contribution in [0.5, 0.6) is 0 Å². The molecule has 6 nitrogen and oxygen atoms in total. The molecule has 0 spiro atoms. The summed E-state index contributed by atoms with van der Waals surface area (Å²) >= 11 is 0. The number of nitrogens with one attached hydrogen (secondary N) is 1. The number of carboxylic acid groups (broad SMARTS) is 1. The molecule has 3 rings (SSSR count). The van der Waals surface area contributed by atoms with E-state index in [0.717, 1.165) is 16.8 Å². The summed E-state index contributed by atoms with van der Waals surface area (Å²) in [5.41, 5.74) is 0.513. The summed E-state index contributed by atoms with van der Waals surface area (Å²) in [4.78, 5) is 22.6. The van der Waals surface area contributed by atoms with Crippen LogP contribution < -0.4 is 5.32 Å². The quantitative estimate of drug-likeness (QED) is 0.770. The van der Waals surface area contributed by atoms with Crippen molar-refractivity contribution in [1.29, 1.82) is 0 Å². The van der Waals surface area contributed by atoms with Crippen LogP contribution in [0.4, 0.5) is 5.69 Å². The average Bonchev–Trinajstić information content (AvgIpc) is 2.97. The number of fused-ring (bicyclic) bond motifs is 1. The van der Waals surface area contributed by atoms with Crippen molar-refractivity contribution < 1.29 is 19.2 Å². The molecular formula is C15H10N2O4.